The molecule has 98 valence electrons. The van der Waals surface area contributed by atoms with Gasteiger partial charge in [0, 0.05) is 25.1 Å². The van der Waals surface area contributed by atoms with Crippen LogP contribution in [0.2, 0.25) is 0 Å². The molecule has 0 aliphatic rings. The van der Waals surface area contributed by atoms with E-state index < -0.39 is 0 Å². The molecule has 0 fully saturated rings. The van der Waals surface area contributed by atoms with E-state index in [0.29, 0.717) is 6.54 Å². The number of benzene rings is 1. The highest BCUT2D eigenvalue weighted by molar-refractivity contribution is 14.0. The van der Waals surface area contributed by atoms with Gasteiger partial charge in [0.2, 0.25) is 0 Å². The molecule has 0 bridgehead atoms. The fourth-order valence-electron chi connectivity index (χ4n) is 1.47. The van der Waals surface area contributed by atoms with Gasteiger partial charge in [-0.25, -0.2) is 0 Å². The number of halogens is 2. The van der Waals surface area contributed by atoms with Gasteiger partial charge < -0.3 is 10.2 Å². The molecule has 1 N–H and O–H groups in total. The Balaban J connectivity index is 0.00000289. The lowest BCUT2D eigenvalue weighted by Crippen LogP contribution is -2.38. The fraction of sp³-hybridized carbons (Fsp3) is 0.308. The van der Waals surface area contributed by atoms with Crippen molar-refractivity contribution in [3.8, 4) is 12.3 Å². The van der Waals surface area contributed by atoms with E-state index in [9.17, 15) is 0 Å². The molecule has 0 unspecified atom stereocenters. The summed E-state index contributed by atoms with van der Waals surface area (Å²) in [6, 6.07) is 8.13. The molecule has 1 rings (SSSR count). The van der Waals surface area contributed by atoms with Gasteiger partial charge in [-0.2, -0.15) is 0 Å². The van der Waals surface area contributed by atoms with Crippen molar-refractivity contribution in [2.24, 2.45) is 4.99 Å². The van der Waals surface area contributed by atoms with Crippen LogP contribution in [0.25, 0.3) is 0 Å². The van der Waals surface area contributed by atoms with Crippen molar-refractivity contribution in [2.75, 3.05) is 20.6 Å². The molecule has 0 saturated heterocycles. The summed E-state index contributed by atoms with van der Waals surface area (Å²) in [6.07, 6.45) is 5.21. The minimum atomic E-state index is 0. The second-order valence-electron chi connectivity index (χ2n) is 3.55. The lowest BCUT2D eigenvalue weighted by molar-refractivity contribution is 0.480. The van der Waals surface area contributed by atoms with E-state index in [-0.39, 0.29) is 24.0 Å². The number of hydrogen-bond acceptors (Lipinski definition) is 1. The van der Waals surface area contributed by atoms with E-state index in [4.69, 9.17) is 6.42 Å². The van der Waals surface area contributed by atoms with Crippen LogP contribution in [0, 0.1) is 12.3 Å². The molecular formula is C13H17BrIN3. The summed E-state index contributed by atoms with van der Waals surface area (Å²) in [5.74, 6) is 3.33. The average Bonchev–Trinajstić information content (AvgIpc) is 2.33. The Kier molecular flexibility index (Phi) is 8.85. The van der Waals surface area contributed by atoms with Gasteiger partial charge in [0.15, 0.2) is 5.96 Å². The van der Waals surface area contributed by atoms with E-state index in [0.717, 1.165) is 17.0 Å². The fourth-order valence-corrected chi connectivity index (χ4v) is 1.88. The van der Waals surface area contributed by atoms with Gasteiger partial charge in [0.05, 0.1) is 6.54 Å². The van der Waals surface area contributed by atoms with Crippen molar-refractivity contribution in [2.45, 2.75) is 6.54 Å². The van der Waals surface area contributed by atoms with Crippen molar-refractivity contribution >= 4 is 45.9 Å². The molecule has 0 amide bonds. The van der Waals surface area contributed by atoms with Gasteiger partial charge in [-0.1, -0.05) is 40.0 Å². The van der Waals surface area contributed by atoms with E-state index in [2.05, 4.69) is 38.2 Å². The number of guanidine groups is 1. The second-order valence-corrected chi connectivity index (χ2v) is 4.41. The second kappa shape index (κ2) is 9.22. The van der Waals surface area contributed by atoms with Gasteiger partial charge in [-0.05, 0) is 11.6 Å². The lowest BCUT2D eigenvalue weighted by atomic mass is 10.2. The number of terminal acetylenes is 1. The van der Waals surface area contributed by atoms with Gasteiger partial charge in [-0.15, -0.1) is 30.4 Å². The first-order chi connectivity index (χ1) is 8.19. The molecule has 18 heavy (non-hydrogen) atoms. The summed E-state index contributed by atoms with van der Waals surface area (Å²) in [5, 5.41) is 3.08. The molecule has 0 aliphatic heterocycles. The third kappa shape index (κ3) is 5.27. The van der Waals surface area contributed by atoms with E-state index in [1.165, 1.54) is 5.56 Å². The smallest absolute Gasteiger partial charge is 0.194 e. The third-order valence-corrected chi connectivity index (χ3v) is 3.06. The molecule has 0 radical (unpaired) electrons. The summed E-state index contributed by atoms with van der Waals surface area (Å²) in [7, 11) is 3.72. The Morgan fingerprint density at radius 1 is 1.50 bits per heavy atom. The molecule has 3 nitrogen and oxygen atoms in total. The molecule has 0 saturated carbocycles. The number of rotatable bonds is 3. The first-order valence-corrected chi connectivity index (χ1v) is 6.07. The molecule has 5 heteroatoms. The normalized spacial score (nSPS) is 10.2. The van der Waals surface area contributed by atoms with Gasteiger partial charge in [0.25, 0.3) is 0 Å². The third-order valence-electron chi connectivity index (χ3n) is 2.29. The van der Waals surface area contributed by atoms with Crippen molar-refractivity contribution in [3.63, 3.8) is 0 Å². The summed E-state index contributed by atoms with van der Waals surface area (Å²) in [5.41, 5.74) is 1.21. The minimum Gasteiger partial charge on any atom is -0.345 e. The maximum atomic E-state index is 5.21. The van der Waals surface area contributed by atoms with Crippen LogP contribution in [0.4, 0.5) is 0 Å². The molecular weight excluding hydrogens is 405 g/mol. The highest BCUT2D eigenvalue weighted by Gasteiger charge is 2.07. The van der Waals surface area contributed by atoms with Crippen LogP contribution in [-0.4, -0.2) is 31.5 Å². The Morgan fingerprint density at radius 2 is 2.17 bits per heavy atom. The topological polar surface area (TPSA) is 27.6 Å². The molecule has 0 atom stereocenters. The molecule has 0 heterocycles. The molecule has 0 aromatic heterocycles. The predicted octanol–water partition coefficient (Wildman–Crippen LogP) is 2.71. The van der Waals surface area contributed by atoms with Crippen LogP contribution in [0.15, 0.2) is 33.7 Å². The zero-order valence-electron chi connectivity index (χ0n) is 10.5. The van der Waals surface area contributed by atoms with Gasteiger partial charge >= 0.3 is 0 Å². The summed E-state index contributed by atoms with van der Waals surface area (Å²) in [6.45, 7) is 1.25. The zero-order chi connectivity index (χ0) is 12.7. The van der Waals surface area contributed by atoms with E-state index >= 15 is 0 Å². The van der Waals surface area contributed by atoms with Crippen molar-refractivity contribution < 1.29 is 0 Å². The molecule has 1 aromatic rings. The van der Waals surface area contributed by atoms with Crippen LogP contribution >= 0.6 is 39.9 Å². The highest BCUT2D eigenvalue weighted by Crippen LogP contribution is 2.17. The van der Waals surface area contributed by atoms with E-state index in [1.54, 1.807) is 7.05 Å². The van der Waals surface area contributed by atoms with Gasteiger partial charge in [0.1, 0.15) is 0 Å². The maximum absolute atomic E-state index is 5.21. The number of hydrogen-bond donors (Lipinski definition) is 1. The van der Waals surface area contributed by atoms with Crippen molar-refractivity contribution in [3.05, 3.63) is 34.3 Å². The largest absolute Gasteiger partial charge is 0.345 e. The Labute approximate surface area is 134 Å². The molecule has 1 aromatic carbocycles. The Hall–Kier alpha value is -0.740. The SMILES string of the molecule is C#CCNC(=NC)N(C)Cc1ccccc1Br.I. The van der Waals surface area contributed by atoms with Crippen molar-refractivity contribution in [1.82, 2.24) is 10.2 Å². The highest BCUT2D eigenvalue weighted by atomic mass is 127. The Bertz CT molecular complexity index is 440. The first-order valence-electron chi connectivity index (χ1n) is 5.27. The van der Waals surface area contributed by atoms with Gasteiger partial charge in [-0.3, -0.25) is 4.99 Å². The predicted molar refractivity (Wildman–Crippen MR) is 91.2 cm³/mol. The lowest BCUT2D eigenvalue weighted by Gasteiger charge is -2.21. The van der Waals surface area contributed by atoms with Crippen LogP contribution in [-0.2, 0) is 6.54 Å². The van der Waals surface area contributed by atoms with E-state index in [1.807, 2.05) is 30.1 Å². The minimum absolute atomic E-state index is 0. The zero-order valence-corrected chi connectivity index (χ0v) is 14.4. The average molecular weight is 422 g/mol. The molecule has 0 spiro atoms. The van der Waals surface area contributed by atoms with Crippen molar-refractivity contribution in [1.29, 1.82) is 0 Å². The summed E-state index contributed by atoms with van der Waals surface area (Å²) < 4.78 is 1.10. The standard InChI is InChI=1S/C13H16BrN3.HI/c1-4-9-16-13(15-2)17(3)10-11-7-5-6-8-12(11)14;/h1,5-8H,9-10H2,2-3H3,(H,15,16);1H. The summed E-state index contributed by atoms with van der Waals surface area (Å²) in [4.78, 5) is 6.20. The van der Waals surface area contributed by atoms with Crippen LogP contribution in [0.5, 0.6) is 0 Å². The quantitative estimate of drug-likeness (QED) is 0.351. The molecule has 0 aliphatic carbocycles. The maximum Gasteiger partial charge on any atom is 0.194 e. The number of nitrogens with one attached hydrogen (secondary N) is 1. The number of nitrogens with zero attached hydrogens (tertiary/aromatic N) is 2. The van der Waals surface area contributed by atoms with Crippen LogP contribution in [0.3, 0.4) is 0 Å². The monoisotopic (exact) mass is 421 g/mol. The first kappa shape index (κ1) is 17.3. The Morgan fingerprint density at radius 3 is 2.72 bits per heavy atom. The van der Waals surface area contributed by atoms with Crippen LogP contribution < -0.4 is 5.32 Å². The number of aliphatic imine (C=N–C) groups is 1. The summed E-state index contributed by atoms with van der Waals surface area (Å²) >= 11 is 3.53. The van der Waals surface area contributed by atoms with Crippen LogP contribution in [0.1, 0.15) is 5.56 Å².